The van der Waals surface area contributed by atoms with Gasteiger partial charge in [-0.1, -0.05) is 13.5 Å². The molecule has 0 radical (unpaired) electrons. The van der Waals surface area contributed by atoms with Crippen LogP contribution >= 0.6 is 24.4 Å². The number of phenols is 1. The Morgan fingerprint density at radius 1 is 0.766 bits per heavy atom. The maximum absolute atomic E-state index is 12.9. The number of benzene rings is 4. The number of rotatable bonds is 21. The van der Waals surface area contributed by atoms with E-state index in [0.717, 1.165) is 37.4 Å². The number of nitrogen functional groups attached to an aromatic ring is 1. The molecule has 64 heavy (non-hydrogen) atoms. The van der Waals surface area contributed by atoms with Crippen LogP contribution in [0.2, 0.25) is 0 Å². The predicted octanol–water partition coefficient (Wildman–Crippen LogP) is -9.11. The minimum absolute atomic E-state index is 0. The molecule has 4 aromatic rings. The van der Waals surface area contributed by atoms with Gasteiger partial charge in [0.2, 0.25) is 10.4 Å². The third-order valence-electron chi connectivity index (χ3n) is 7.37. The summed E-state index contributed by atoms with van der Waals surface area (Å²) in [5, 5.41) is 53.4. The van der Waals surface area contributed by atoms with Gasteiger partial charge in [-0.05, 0) is 54.3 Å². The van der Waals surface area contributed by atoms with Gasteiger partial charge in [-0.15, -0.1) is 19.7 Å². The van der Waals surface area contributed by atoms with Crippen molar-refractivity contribution in [3.8, 4) is 11.5 Å². The zero-order valence-corrected chi connectivity index (χ0v) is 46.4. The van der Waals surface area contributed by atoms with Gasteiger partial charge >= 0.3 is 118 Å². The molecule has 0 spiro atoms. The Kier molecular flexibility index (Phi) is 30.0. The van der Waals surface area contributed by atoms with Crippen LogP contribution in [0.4, 0.5) is 28.4 Å². The van der Waals surface area contributed by atoms with Gasteiger partial charge in [-0.25, -0.2) is 33.7 Å². The molecule has 0 aliphatic heterocycles. The number of azo groups is 2. The molecule has 0 aliphatic carbocycles. The van der Waals surface area contributed by atoms with E-state index in [1.165, 1.54) is 25.1 Å². The second-order valence-electron chi connectivity index (χ2n) is 11.1. The second kappa shape index (κ2) is 29.1. The molecule has 0 atom stereocenters. The standard InChI is InChI=1S/C28H29N5O20S6.CH4.4Na/c1-15-10-19(20(47-2)14-22(15)57(39,40)9-7-49-59(44,45)46)31-33-27-23(58(41,42)43)12-16-11-21(54-52-50-35)26(28(34)24(16)25(27)29)32-30-17-4-3-5-18(13-17)56(37,38)8-6-48-55-53-51-36;;;;;/h3-5,10-14,34-36H,6-9,29H2,1-2H3,(H,41,42,43)(H,44,45,46);1H4;;;;/q;;4*+1/p-4. The van der Waals surface area contributed by atoms with Crippen molar-refractivity contribution in [3.63, 3.8) is 0 Å². The molecule has 330 valence electrons. The Morgan fingerprint density at radius 2 is 1.39 bits per heavy atom. The number of sulfone groups is 2. The number of phenolic OH excluding ortho intramolecular Hbond substituents is 1. The van der Waals surface area contributed by atoms with Crippen LogP contribution in [0.3, 0.4) is 0 Å². The molecule has 0 aromatic heterocycles. The molecule has 4 rings (SSSR count). The fourth-order valence-electron chi connectivity index (χ4n) is 4.88. The zero-order valence-electron chi connectivity index (χ0n) is 33.5. The number of anilines is 1. The molecule has 0 aliphatic rings. The minimum atomic E-state index is -5.44. The molecule has 35 heteroatoms. The smallest absolute Gasteiger partial charge is 0.744 e. The molecule has 3 N–H and O–H groups in total. The number of hydrogen-bond acceptors (Lipinski definition) is 27. The van der Waals surface area contributed by atoms with Crippen LogP contribution in [-0.2, 0) is 67.3 Å². The maximum atomic E-state index is 12.9. The summed E-state index contributed by atoms with van der Waals surface area (Å²) in [6, 6.07) is 8.86. The van der Waals surface area contributed by atoms with E-state index in [4.69, 9.17) is 14.7 Å². The van der Waals surface area contributed by atoms with E-state index >= 15 is 0 Å². The van der Waals surface area contributed by atoms with Gasteiger partial charge in [0.1, 0.15) is 32.9 Å². The van der Waals surface area contributed by atoms with Gasteiger partial charge in [0, 0.05) is 6.07 Å². The summed E-state index contributed by atoms with van der Waals surface area (Å²) in [5.74, 6) is -2.64. The van der Waals surface area contributed by atoms with Crippen molar-refractivity contribution in [2.45, 2.75) is 33.9 Å². The monoisotopic (exact) mass is 1050 g/mol. The molecule has 0 saturated carbocycles. The van der Waals surface area contributed by atoms with Crippen molar-refractivity contribution >= 4 is 104 Å². The zero-order chi connectivity index (χ0) is 43.8. The van der Waals surface area contributed by atoms with Crippen molar-refractivity contribution in [1.82, 2.24) is 0 Å². The Labute approximate surface area is 463 Å². The molecule has 0 saturated heterocycles. The van der Waals surface area contributed by atoms with Crippen LogP contribution in [0.25, 0.3) is 10.8 Å². The van der Waals surface area contributed by atoms with Crippen molar-refractivity contribution in [2.75, 3.05) is 37.6 Å². The SMILES string of the molecule is C.COc1cc(S(=O)(=O)CCOS(=O)(=O)[O-])c(C)cc1N=Nc1c(S(=O)(=O)[O-])cc2cc(SOO[O-])c(N=Nc3cccc(S(=O)(=O)CCOSOO[O-])c3)c(O)c2c1N.[Na+].[Na+].[Na+].[Na+]. The molecule has 0 bridgehead atoms. The average Bonchev–Trinajstić information content (AvgIpc) is 3.15. The van der Waals surface area contributed by atoms with E-state index in [0.29, 0.717) is 0 Å². The van der Waals surface area contributed by atoms with Gasteiger partial charge in [-0.2, -0.15) is 9.45 Å². The topological polar surface area (TPSA) is 389 Å². The number of fused-ring (bicyclic) bond motifs is 1. The van der Waals surface area contributed by atoms with Crippen LogP contribution in [0.5, 0.6) is 11.5 Å². The Morgan fingerprint density at radius 3 is 1.98 bits per heavy atom. The molecular formula is C29H29N5Na4O20S6. The summed E-state index contributed by atoms with van der Waals surface area (Å²) < 4.78 is 143. The van der Waals surface area contributed by atoms with E-state index < -0.39 is 97.5 Å². The minimum Gasteiger partial charge on any atom is -0.744 e. The summed E-state index contributed by atoms with van der Waals surface area (Å²) in [6.07, 6.45) is 0. The summed E-state index contributed by atoms with van der Waals surface area (Å²) in [7, 11) is -17.8. The second-order valence-corrected chi connectivity index (χ2v) is 18.9. The van der Waals surface area contributed by atoms with Crippen LogP contribution in [0, 0.1) is 6.92 Å². The number of aryl methyl sites for hydroxylation is 1. The fraction of sp³-hybridized carbons (Fsp3) is 0.241. The molecule has 0 fully saturated rings. The largest absolute Gasteiger partial charge is 1.00 e. The molecule has 0 amide bonds. The first-order chi connectivity index (χ1) is 27.6. The van der Waals surface area contributed by atoms with Crippen molar-refractivity contribution < 1.29 is 208 Å². The predicted molar refractivity (Wildman–Crippen MR) is 201 cm³/mol. The Hall–Kier alpha value is -0.160. The quantitative estimate of drug-likeness (QED) is 0.00900. The van der Waals surface area contributed by atoms with E-state index in [-0.39, 0.29) is 193 Å². The van der Waals surface area contributed by atoms with Crippen LogP contribution in [0.1, 0.15) is 13.0 Å². The van der Waals surface area contributed by atoms with E-state index in [9.17, 15) is 58.4 Å². The Balaban J connectivity index is 0. The normalized spacial score (nSPS) is 11.9. The third kappa shape index (κ3) is 18.3. The molecule has 0 unspecified atom stereocenters. The molecule has 25 nitrogen and oxygen atoms in total. The first-order valence-electron chi connectivity index (χ1n) is 15.3. The number of hydrogen-bond donors (Lipinski definition) is 2. The van der Waals surface area contributed by atoms with E-state index in [1.54, 1.807) is 0 Å². The molecule has 0 heterocycles. The fourth-order valence-corrected chi connectivity index (χ4v) is 9.23. The number of nitrogens with zero attached hydrogens (tertiary/aromatic N) is 4. The van der Waals surface area contributed by atoms with Gasteiger partial charge in [0.05, 0.1) is 80.2 Å². The van der Waals surface area contributed by atoms with Crippen molar-refractivity contribution in [1.29, 1.82) is 0 Å². The summed E-state index contributed by atoms with van der Waals surface area (Å²) in [6.45, 7) is -0.111. The third-order valence-corrected chi connectivity index (χ3v) is 13.1. The van der Waals surface area contributed by atoms with Gasteiger partial charge in [-0.3, -0.25) is 18.4 Å². The van der Waals surface area contributed by atoms with Crippen LogP contribution in [-0.4, -0.2) is 79.7 Å². The first-order valence-corrected chi connectivity index (χ1v) is 22.7. The number of nitrogens with two attached hydrogens (primary N) is 1. The number of aromatic hydroxyl groups is 1. The summed E-state index contributed by atoms with van der Waals surface area (Å²) in [4.78, 5) is -1.97. The van der Waals surface area contributed by atoms with Crippen LogP contribution in [0.15, 0.2) is 88.6 Å². The van der Waals surface area contributed by atoms with Crippen molar-refractivity contribution in [3.05, 3.63) is 54.1 Å². The summed E-state index contributed by atoms with van der Waals surface area (Å²) >= 11 is 0.273. The maximum Gasteiger partial charge on any atom is 1.00 e. The van der Waals surface area contributed by atoms with E-state index in [2.05, 4.69) is 43.4 Å². The van der Waals surface area contributed by atoms with Crippen molar-refractivity contribution in [2.24, 2.45) is 20.5 Å². The number of methoxy groups -OCH3 is 1. The number of ether oxygens (including phenoxy) is 1. The Bertz CT molecular complexity index is 2740. The molecule has 4 aromatic carbocycles. The first kappa shape index (κ1) is 65.9. The average molecular weight is 1050 g/mol. The van der Waals surface area contributed by atoms with Gasteiger partial charge < -0.3 is 35.2 Å². The van der Waals surface area contributed by atoms with Crippen LogP contribution < -0.4 is 139 Å². The van der Waals surface area contributed by atoms with Gasteiger partial charge in [0.25, 0.3) is 0 Å². The molecular weight excluding hydrogens is 1020 g/mol. The van der Waals surface area contributed by atoms with E-state index in [1.807, 2.05) is 0 Å². The van der Waals surface area contributed by atoms with Gasteiger partial charge in [0.15, 0.2) is 37.7 Å². The summed E-state index contributed by atoms with van der Waals surface area (Å²) in [5.41, 5.74) is 3.97.